The normalized spacial score (nSPS) is 15.8. The molecule has 0 heterocycles. The number of hydrogen-bond acceptors (Lipinski definition) is 4. The molecule has 6 heteroatoms. The van der Waals surface area contributed by atoms with Crippen molar-refractivity contribution in [3.05, 3.63) is 59.2 Å². The van der Waals surface area contributed by atoms with E-state index >= 15 is 0 Å². The third kappa shape index (κ3) is 5.18. The van der Waals surface area contributed by atoms with Crippen LogP contribution in [0.2, 0.25) is 0 Å². The van der Waals surface area contributed by atoms with Crippen LogP contribution in [-0.2, 0) is 27.5 Å². The molecule has 156 valence electrons. The minimum atomic E-state index is -3.24. The van der Waals surface area contributed by atoms with Crippen LogP contribution in [0.25, 0.3) is 0 Å². The number of hydrogen-bond donors (Lipinski definition) is 1. The van der Waals surface area contributed by atoms with E-state index in [9.17, 15) is 13.2 Å². The highest BCUT2D eigenvalue weighted by molar-refractivity contribution is 7.90. The van der Waals surface area contributed by atoms with Crippen molar-refractivity contribution in [1.29, 1.82) is 0 Å². The van der Waals surface area contributed by atoms with E-state index in [4.69, 9.17) is 4.74 Å². The standard InChI is InChI=1S/C23H29NO4S/c1-4-21(18-12-14-19(15-13-18)29(3,26)27)24-23(25)16(2)28-22-11-7-9-17-8-5-6-10-20(17)22/h7,9,11-16,21H,4-6,8,10H2,1-3H3,(H,24,25)/t16-,21-/m0/s1. The van der Waals surface area contributed by atoms with Crippen molar-refractivity contribution in [2.24, 2.45) is 0 Å². The first-order chi connectivity index (χ1) is 13.8. The largest absolute Gasteiger partial charge is 0.481 e. The number of benzene rings is 2. The zero-order valence-corrected chi connectivity index (χ0v) is 18.1. The molecule has 1 N–H and O–H groups in total. The minimum absolute atomic E-state index is 0.183. The Hall–Kier alpha value is -2.34. The lowest BCUT2D eigenvalue weighted by Gasteiger charge is -2.24. The Labute approximate surface area is 173 Å². The Morgan fingerprint density at radius 2 is 1.79 bits per heavy atom. The van der Waals surface area contributed by atoms with Gasteiger partial charge >= 0.3 is 0 Å². The van der Waals surface area contributed by atoms with Crippen LogP contribution in [0.3, 0.4) is 0 Å². The smallest absolute Gasteiger partial charge is 0.261 e. The van der Waals surface area contributed by atoms with E-state index in [0.717, 1.165) is 30.6 Å². The topological polar surface area (TPSA) is 72.5 Å². The van der Waals surface area contributed by atoms with E-state index in [-0.39, 0.29) is 16.8 Å². The van der Waals surface area contributed by atoms with E-state index in [0.29, 0.717) is 6.42 Å². The lowest BCUT2D eigenvalue weighted by molar-refractivity contribution is -0.128. The summed E-state index contributed by atoms with van der Waals surface area (Å²) >= 11 is 0. The second-order valence-electron chi connectivity index (χ2n) is 7.67. The Kier molecular flexibility index (Phi) is 6.63. The number of rotatable bonds is 7. The highest BCUT2D eigenvalue weighted by Crippen LogP contribution is 2.30. The summed E-state index contributed by atoms with van der Waals surface area (Å²) in [4.78, 5) is 13.0. The molecular formula is C23H29NO4S. The van der Waals surface area contributed by atoms with Gasteiger partial charge in [0.1, 0.15) is 5.75 Å². The zero-order chi connectivity index (χ0) is 21.0. The van der Waals surface area contributed by atoms with Crippen molar-refractivity contribution >= 4 is 15.7 Å². The quantitative estimate of drug-likeness (QED) is 0.742. The van der Waals surface area contributed by atoms with Crippen molar-refractivity contribution < 1.29 is 17.9 Å². The first-order valence-electron chi connectivity index (χ1n) is 10.2. The van der Waals surface area contributed by atoms with Crippen LogP contribution < -0.4 is 10.1 Å². The first-order valence-corrected chi connectivity index (χ1v) is 12.1. The van der Waals surface area contributed by atoms with Gasteiger partial charge in [-0.1, -0.05) is 31.2 Å². The molecular weight excluding hydrogens is 386 g/mol. The van der Waals surface area contributed by atoms with E-state index in [1.807, 2.05) is 19.1 Å². The number of ether oxygens (including phenoxy) is 1. The SMILES string of the molecule is CC[C@H](NC(=O)[C@H](C)Oc1cccc2c1CCCC2)c1ccc(S(C)(=O)=O)cc1. The van der Waals surface area contributed by atoms with Gasteiger partial charge < -0.3 is 10.1 Å². The van der Waals surface area contributed by atoms with Gasteiger partial charge in [-0.05, 0) is 73.9 Å². The second kappa shape index (κ2) is 8.99. The lowest BCUT2D eigenvalue weighted by Crippen LogP contribution is -2.38. The van der Waals surface area contributed by atoms with Gasteiger partial charge in [-0.25, -0.2) is 8.42 Å². The fraction of sp³-hybridized carbons (Fsp3) is 0.435. The molecule has 0 saturated heterocycles. The second-order valence-corrected chi connectivity index (χ2v) is 9.69. The molecule has 0 fully saturated rings. The number of fused-ring (bicyclic) bond motifs is 1. The number of amides is 1. The maximum absolute atomic E-state index is 12.8. The maximum Gasteiger partial charge on any atom is 0.261 e. The maximum atomic E-state index is 12.8. The zero-order valence-electron chi connectivity index (χ0n) is 17.3. The third-order valence-corrected chi connectivity index (χ3v) is 6.59. The average Bonchev–Trinajstić information content (AvgIpc) is 2.71. The Bertz CT molecular complexity index is 967. The van der Waals surface area contributed by atoms with Crippen LogP contribution in [-0.4, -0.2) is 26.7 Å². The van der Waals surface area contributed by atoms with Crippen LogP contribution in [0, 0.1) is 0 Å². The number of aryl methyl sites for hydroxylation is 1. The molecule has 2 atom stereocenters. The highest BCUT2D eigenvalue weighted by atomic mass is 32.2. The molecule has 5 nitrogen and oxygen atoms in total. The summed E-state index contributed by atoms with van der Waals surface area (Å²) in [6.45, 7) is 3.74. The molecule has 1 aliphatic carbocycles. The van der Waals surface area contributed by atoms with Crippen LogP contribution in [0.15, 0.2) is 47.4 Å². The van der Waals surface area contributed by atoms with Gasteiger partial charge in [0.2, 0.25) is 0 Å². The summed E-state index contributed by atoms with van der Waals surface area (Å²) in [6, 6.07) is 12.5. The van der Waals surface area contributed by atoms with Crippen LogP contribution in [0.1, 0.15) is 55.8 Å². The predicted molar refractivity (Wildman–Crippen MR) is 114 cm³/mol. The van der Waals surface area contributed by atoms with E-state index < -0.39 is 15.9 Å². The van der Waals surface area contributed by atoms with Gasteiger partial charge in [0, 0.05) is 6.26 Å². The van der Waals surface area contributed by atoms with Gasteiger partial charge in [-0.2, -0.15) is 0 Å². The summed E-state index contributed by atoms with van der Waals surface area (Å²) in [5.74, 6) is 0.618. The summed E-state index contributed by atoms with van der Waals surface area (Å²) in [6.07, 6.45) is 5.66. The van der Waals surface area contributed by atoms with Gasteiger partial charge in [-0.15, -0.1) is 0 Å². The minimum Gasteiger partial charge on any atom is -0.481 e. The van der Waals surface area contributed by atoms with Gasteiger partial charge in [0.25, 0.3) is 5.91 Å². The highest BCUT2D eigenvalue weighted by Gasteiger charge is 2.22. The fourth-order valence-corrected chi connectivity index (χ4v) is 4.39. The van der Waals surface area contributed by atoms with E-state index in [1.165, 1.54) is 23.8 Å². The number of nitrogens with one attached hydrogen (secondary N) is 1. The van der Waals surface area contributed by atoms with Crippen LogP contribution in [0.4, 0.5) is 0 Å². The van der Waals surface area contributed by atoms with Crippen molar-refractivity contribution in [1.82, 2.24) is 5.32 Å². The summed E-state index contributed by atoms with van der Waals surface area (Å²) in [7, 11) is -3.24. The molecule has 1 aliphatic rings. The molecule has 3 rings (SSSR count). The molecule has 0 unspecified atom stereocenters. The van der Waals surface area contributed by atoms with Crippen LogP contribution in [0.5, 0.6) is 5.75 Å². The predicted octanol–water partition coefficient (Wildman–Crippen LogP) is 4.00. The number of carbonyl (C=O) groups is 1. The molecule has 2 aromatic rings. The average molecular weight is 416 g/mol. The molecule has 29 heavy (non-hydrogen) atoms. The molecule has 1 amide bonds. The van der Waals surface area contributed by atoms with Crippen molar-refractivity contribution in [2.45, 2.75) is 63.0 Å². The number of sulfone groups is 1. The molecule has 0 spiro atoms. The summed E-state index contributed by atoms with van der Waals surface area (Å²) < 4.78 is 29.3. The van der Waals surface area contributed by atoms with Gasteiger partial charge in [-0.3, -0.25) is 4.79 Å². The monoisotopic (exact) mass is 415 g/mol. The van der Waals surface area contributed by atoms with E-state index in [2.05, 4.69) is 11.4 Å². The molecule has 2 aromatic carbocycles. The molecule has 0 aromatic heterocycles. The summed E-state index contributed by atoms with van der Waals surface area (Å²) in [5.41, 5.74) is 3.41. The molecule has 0 bridgehead atoms. The van der Waals surface area contributed by atoms with Crippen molar-refractivity contribution in [3.63, 3.8) is 0 Å². The van der Waals surface area contributed by atoms with Crippen molar-refractivity contribution in [3.8, 4) is 5.75 Å². The summed E-state index contributed by atoms with van der Waals surface area (Å²) in [5, 5.41) is 3.03. The van der Waals surface area contributed by atoms with Gasteiger partial charge in [0.05, 0.1) is 10.9 Å². The fourth-order valence-electron chi connectivity index (χ4n) is 3.76. The van der Waals surface area contributed by atoms with Gasteiger partial charge in [0.15, 0.2) is 15.9 Å². The molecule has 0 saturated carbocycles. The van der Waals surface area contributed by atoms with Crippen molar-refractivity contribution in [2.75, 3.05) is 6.26 Å². The van der Waals surface area contributed by atoms with E-state index in [1.54, 1.807) is 31.2 Å². The first kappa shape index (κ1) is 21.4. The molecule has 0 radical (unpaired) electrons. The number of carbonyl (C=O) groups excluding carboxylic acids is 1. The van der Waals surface area contributed by atoms with Crippen LogP contribution >= 0.6 is 0 Å². The lowest BCUT2D eigenvalue weighted by atomic mass is 9.91. The molecule has 0 aliphatic heterocycles. The third-order valence-electron chi connectivity index (χ3n) is 5.46. The Morgan fingerprint density at radius 1 is 1.10 bits per heavy atom. The Balaban J connectivity index is 1.68. The Morgan fingerprint density at radius 3 is 2.45 bits per heavy atom.